The maximum absolute atomic E-state index is 11.8. The van der Waals surface area contributed by atoms with Crippen molar-refractivity contribution < 1.29 is 14.3 Å². The van der Waals surface area contributed by atoms with Crippen LogP contribution in [0.1, 0.15) is 24.8 Å². The number of thiazole rings is 1. The second-order valence-corrected chi connectivity index (χ2v) is 6.03. The molecule has 0 saturated carbocycles. The van der Waals surface area contributed by atoms with Crippen molar-refractivity contribution in [3.8, 4) is 0 Å². The van der Waals surface area contributed by atoms with Crippen molar-refractivity contribution in [2.45, 2.75) is 26.7 Å². The first kappa shape index (κ1) is 15.7. The van der Waals surface area contributed by atoms with Crippen LogP contribution >= 0.6 is 22.9 Å². The van der Waals surface area contributed by atoms with Crippen LogP contribution < -0.4 is 5.32 Å². The highest BCUT2D eigenvalue weighted by Crippen LogP contribution is 2.31. The Balaban J connectivity index is 2.03. The molecule has 0 fully saturated rings. The van der Waals surface area contributed by atoms with Gasteiger partial charge in [-0.1, -0.05) is 11.6 Å². The number of nitrogens with one attached hydrogen (secondary N) is 1. The Morgan fingerprint density at radius 1 is 1.38 bits per heavy atom. The molecule has 0 atom stereocenters. The lowest BCUT2D eigenvalue weighted by atomic mass is 10.2. The summed E-state index contributed by atoms with van der Waals surface area (Å²) in [6, 6.07) is 3.52. The van der Waals surface area contributed by atoms with Crippen molar-refractivity contribution in [2.24, 2.45) is 0 Å². The molecule has 1 aromatic carbocycles. The number of aryl methyl sites for hydroxylation is 1. The number of benzene rings is 1. The maximum Gasteiger partial charge on any atom is 0.306 e. The van der Waals surface area contributed by atoms with Crippen LogP contribution in [0.2, 0.25) is 5.02 Å². The first-order valence-corrected chi connectivity index (χ1v) is 7.71. The third-order valence-electron chi connectivity index (χ3n) is 2.72. The Labute approximate surface area is 131 Å². The number of rotatable bonds is 5. The minimum atomic E-state index is -0.382. The van der Waals surface area contributed by atoms with Gasteiger partial charge in [0.25, 0.3) is 0 Å². The Bertz CT molecular complexity index is 684. The SMILES string of the molecule is CCOC(=O)CCC(=O)Nc1cc2sc(C)nc2cc1Cl. The molecule has 0 aliphatic rings. The Kier molecular flexibility index (Phi) is 5.14. The van der Waals surface area contributed by atoms with E-state index in [-0.39, 0.29) is 24.7 Å². The Morgan fingerprint density at radius 3 is 2.86 bits per heavy atom. The summed E-state index contributed by atoms with van der Waals surface area (Å²) in [6.07, 6.45) is 0.119. The number of hydrogen-bond acceptors (Lipinski definition) is 5. The Hall–Kier alpha value is -1.66. The van der Waals surface area contributed by atoms with E-state index in [1.165, 1.54) is 11.3 Å². The lowest BCUT2D eigenvalue weighted by Crippen LogP contribution is -2.14. The quantitative estimate of drug-likeness (QED) is 0.853. The molecule has 2 rings (SSSR count). The fourth-order valence-corrected chi connectivity index (χ4v) is 2.87. The van der Waals surface area contributed by atoms with Crippen molar-refractivity contribution in [3.63, 3.8) is 0 Å². The van der Waals surface area contributed by atoms with Gasteiger partial charge in [0.15, 0.2) is 0 Å². The van der Waals surface area contributed by atoms with Crippen LogP contribution in [0.15, 0.2) is 12.1 Å². The van der Waals surface area contributed by atoms with Crippen LogP contribution in [0.4, 0.5) is 5.69 Å². The lowest BCUT2D eigenvalue weighted by Gasteiger charge is -2.07. The number of carbonyl (C=O) groups excluding carboxylic acids is 2. The number of aromatic nitrogens is 1. The average molecular weight is 327 g/mol. The zero-order chi connectivity index (χ0) is 15.4. The van der Waals surface area contributed by atoms with Crippen LogP contribution in [0.3, 0.4) is 0 Å². The predicted molar refractivity (Wildman–Crippen MR) is 83.9 cm³/mol. The first-order valence-electron chi connectivity index (χ1n) is 6.51. The standard InChI is InChI=1S/C14H15ClN2O3S/c1-3-20-14(19)5-4-13(18)17-10-7-12-11(6-9(10)15)16-8(2)21-12/h6-7H,3-5H2,1-2H3,(H,17,18). The number of ether oxygens (including phenoxy) is 1. The van der Waals surface area contributed by atoms with Gasteiger partial charge in [-0.25, -0.2) is 4.98 Å². The van der Waals surface area contributed by atoms with Crippen molar-refractivity contribution in [2.75, 3.05) is 11.9 Å². The molecule has 0 aliphatic heterocycles. The molecule has 0 aliphatic carbocycles. The molecule has 1 heterocycles. The van der Waals surface area contributed by atoms with E-state index in [2.05, 4.69) is 10.3 Å². The van der Waals surface area contributed by atoms with Gasteiger partial charge in [0, 0.05) is 6.42 Å². The van der Waals surface area contributed by atoms with Gasteiger partial charge in [0.05, 0.1) is 39.0 Å². The largest absolute Gasteiger partial charge is 0.466 e. The zero-order valence-electron chi connectivity index (χ0n) is 11.7. The summed E-state index contributed by atoms with van der Waals surface area (Å²) >= 11 is 7.66. The summed E-state index contributed by atoms with van der Waals surface area (Å²) in [7, 11) is 0. The van der Waals surface area contributed by atoms with Crippen molar-refractivity contribution >= 4 is 50.7 Å². The number of hydrogen-bond donors (Lipinski definition) is 1. The zero-order valence-corrected chi connectivity index (χ0v) is 13.3. The molecule has 0 spiro atoms. The molecule has 112 valence electrons. The second kappa shape index (κ2) is 6.87. The van der Waals surface area contributed by atoms with Gasteiger partial charge in [0.1, 0.15) is 0 Å². The topological polar surface area (TPSA) is 68.3 Å². The molecule has 7 heteroatoms. The third kappa shape index (κ3) is 4.15. The van der Waals surface area contributed by atoms with Crippen LogP contribution in [-0.4, -0.2) is 23.5 Å². The van der Waals surface area contributed by atoms with Crippen molar-refractivity contribution in [1.29, 1.82) is 0 Å². The second-order valence-electron chi connectivity index (χ2n) is 4.39. The van der Waals surface area contributed by atoms with Crippen LogP contribution in [0, 0.1) is 6.92 Å². The van der Waals surface area contributed by atoms with E-state index in [1.54, 1.807) is 19.1 Å². The molecule has 5 nitrogen and oxygen atoms in total. The summed E-state index contributed by atoms with van der Waals surface area (Å²) in [6.45, 7) is 3.95. The smallest absolute Gasteiger partial charge is 0.306 e. The van der Waals surface area contributed by atoms with Crippen molar-refractivity contribution in [3.05, 3.63) is 22.2 Å². The van der Waals surface area contributed by atoms with E-state index in [0.29, 0.717) is 17.3 Å². The Morgan fingerprint density at radius 2 is 2.14 bits per heavy atom. The molecular formula is C14H15ClN2O3S. The molecule has 0 bridgehead atoms. The molecular weight excluding hydrogens is 312 g/mol. The molecule has 0 radical (unpaired) electrons. The minimum absolute atomic E-state index is 0.0548. The minimum Gasteiger partial charge on any atom is -0.466 e. The summed E-state index contributed by atoms with van der Waals surface area (Å²) < 4.78 is 5.73. The number of fused-ring (bicyclic) bond motifs is 1. The van der Waals surface area contributed by atoms with Crippen LogP contribution in [0.25, 0.3) is 10.2 Å². The van der Waals surface area contributed by atoms with Gasteiger partial charge >= 0.3 is 5.97 Å². The summed E-state index contributed by atoms with van der Waals surface area (Å²) in [5.41, 5.74) is 1.34. The third-order valence-corrected chi connectivity index (χ3v) is 3.97. The normalized spacial score (nSPS) is 10.6. The monoisotopic (exact) mass is 326 g/mol. The highest BCUT2D eigenvalue weighted by atomic mass is 35.5. The fraction of sp³-hybridized carbons (Fsp3) is 0.357. The number of anilines is 1. The van der Waals surface area contributed by atoms with Gasteiger partial charge in [-0.2, -0.15) is 0 Å². The number of esters is 1. The molecule has 1 aromatic heterocycles. The summed E-state index contributed by atoms with van der Waals surface area (Å²) in [5, 5.41) is 4.07. The van der Waals surface area contributed by atoms with Gasteiger partial charge in [-0.05, 0) is 26.0 Å². The molecule has 1 N–H and O–H groups in total. The first-order chi connectivity index (χ1) is 9.99. The molecule has 21 heavy (non-hydrogen) atoms. The molecule has 0 unspecified atom stereocenters. The van der Waals surface area contributed by atoms with E-state index in [1.807, 2.05) is 6.92 Å². The highest BCUT2D eigenvalue weighted by Gasteiger charge is 2.11. The van der Waals surface area contributed by atoms with E-state index in [9.17, 15) is 9.59 Å². The van der Waals surface area contributed by atoms with Crippen molar-refractivity contribution in [1.82, 2.24) is 4.98 Å². The molecule has 2 aromatic rings. The number of halogens is 1. The van der Waals surface area contributed by atoms with E-state index in [4.69, 9.17) is 16.3 Å². The van der Waals surface area contributed by atoms with Crippen LogP contribution in [0.5, 0.6) is 0 Å². The number of amides is 1. The van der Waals surface area contributed by atoms with Gasteiger partial charge < -0.3 is 10.1 Å². The molecule has 0 saturated heterocycles. The van der Waals surface area contributed by atoms with Crippen LogP contribution in [-0.2, 0) is 14.3 Å². The van der Waals surface area contributed by atoms with E-state index >= 15 is 0 Å². The summed E-state index contributed by atoms with van der Waals surface area (Å²) in [4.78, 5) is 27.4. The average Bonchev–Trinajstić information content (AvgIpc) is 2.76. The molecule has 1 amide bonds. The number of nitrogens with zero attached hydrogens (tertiary/aromatic N) is 1. The number of carbonyl (C=O) groups is 2. The maximum atomic E-state index is 11.8. The lowest BCUT2D eigenvalue weighted by molar-refractivity contribution is -0.144. The highest BCUT2D eigenvalue weighted by molar-refractivity contribution is 7.18. The van der Waals surface area contributed by atoms with E-state index in [0.717, 1.165) is 15.2 Å². The van der Waals surface area contributed by atoms with E-state index < -0.39 is 0 Å². The summed E-state index contributed by atoms with van der Waals surface area (Å²) in [5.74, 6) is -0.655. The predicted octanol–water partition coefficient (Wildman–Crippen LogP) is 3.54. The van der Waals surface area contributed by atoms with Gasteiger partial charge in [0.2, 0.25) is 5.91 Å². The van der Waals surface area contributed by atoms with Gasteiger partial charge in [-0.15, -0.1) is 11.3 Å². The fourth-order valence-electron chi connectivity index (χ4n) is 1.82. The van der Waals surface area contributed by atoms with Gasteiger partial charge in [-0.3, -0.25) is 9.59 Å².